The van der Waals surface area contributed by atoms with Crippen molar-refractivity contribution in [2.45, 2.75) is 13.0 Å². The lowest BCUT2D eigenvalue weighted by Crippen LogP contribution is -2.29. The summed E-state index contributed by atoms with van der Waals surface area (Å²) >= 11 is 5.71. The summed E-state index contributed by atoms with van der Waals surface area (Å²) in [6.07, 6.45) is -1.01. The summed E-state index contributed by atoms with van der Waals surface area (Å²) in [6, 6.07) is 8.74. The average molecular weight is 370 g/mol. The molecule has 2 aromatic rings. The molecule has 0 saturated carbocycles. The van der Waals surface area contributed by atoms with Crippen molar-refractivity contribution in [3.8, 4) is 5.75 Å². The second-order valence-electron chi connectivity index (χ2n) is 4.99. The van der Waals surface area contributed by atoms with Gasteiger partial charge in [-0.2, -0.15) is 0 Å². The predicted molar refractivity (Wildman–Crippen MR) is 87.5 cm³/mol. The number of amides is 1. The summed E-state index contributed by atoms with van der Waals surface area (Å²) in [4.78, 5) is 23.5. The second-order valence-corrected chi connectivity index (χ2v) is 5.43. The van der Waals surface area contributed by atoms with Crippen molar-refractivity contribution >= 4 is 29.2 Å². The highest BCUT2D eigenvalue weighted by atomic mass is 35.5. The van der Waals surface area contributed by atoms with E-state index in [0.29, 0.717) is 0 Å². The number of ether oxygens (including phenoxy) is 2. The van der Waals surface area contributed by atoms with Crippen LogP contribution in [-0.2, 0) is 14.3 Å². The Kier molecular flexibility index (Phi) is 6.30. The molecule has 0 saturated heterocycles. The number of carbonyl (C=O) groups excluding carboxylic acids is 2. The molecular weight excluding hydrogens is 356 g/mol. The molecule has 0 spiro atoms. The molecule has 1 atom stereocenters. The summed E-state index contributed by atoms with van der Waals surface area (Å²) < 4.78 is 36.4. The molecule has 132 valence electrons. The van der Waals surface area contributed by atoms with Crippen LogP contribution in [0.4, 0.5) is 14.5 Å². The second kappa shape index (κ2) is 8.43. The lowest BCUT2D eigenvalue weighted by Gasteiger charge is -2.14. The SMILES string of the molecule is C[C@@H](Oc1ccc(F)cc1)C(=O)OCC(=O)Nc1cc(Cl)ccc1F. The van der Waals surface area contributed by atoms with E-state index in [1.165, 1.54) is 43.3 Å². The first-order valence-electron chi connectivity index (χ1n) is 7.19. The van der Waals surface area contributed by atoms with Crippen LogP contribution < -0.4 is 10.1 Å². The van der Waals surface area contributed by atoms with Gasteiger partial charge in [0.15, 0.2) is 12.7 Å². The van der Waals surface area contributed by atoms with E-state index in [4.69, 9.17) is 21.1 Å². The van der Waals surface area contributed by atoms with Crippen LogP contribution in [0.3, 0.4) is 0 Å². The number of nitrogens with one attached hydrogen (secondary N) is 1. The fourth-order valence-corrected chi connectivity index (χ4v) is 1.97. The number of hydrogen-bond acceptors (Lipinski definition) is 4. The molecule has 0 aliphatic rings. The normalized spacial score (nSPS) is 11.5. The molecule has 0 aromatic heterocycles. The number of hydrogen-bond donors (Lipinski definition) is 1. The minimum absolute atomic E-state index is 0.121. The number of benzene rings is 2. The highest BCUT2D eigenvalue weighted by Gasteiger charge is 2.18. The first kappa shape index (κ1) is 18.7. The molecule has 0 radical (unpaired) electrons. The van der Waals surface area contributed by atoms with Crippen molar-refractivity contribution < 1.29 is 27.8 Å². The fourth-order valence-electron chi connectivity index (χ4n) is 1.80. The number of esters is 1. The van der Waals surface area contributed by atoms with E-state index >= 15 is 0 Å². The largest absolute Gasteiger partial charge is 0.479 e. The lowest BCUT2D eigenvalue weighted by molar-refractivity contribution is -0.153. The standard InChI is InChI=1S/C17H14ClF2NO4/c1-10(25-13-5-3-12(19)4-6-13)17(23)24-9-16(22)21-15-8-11(18)2-7-14(15)20/h2-8,10H,9H2,1H3,(H,21,22)/t10-/m1/s1. The quantitative estimate of drug-likeness (QED) is 0.791. The van der Waals surface area contributed by atoms with E-state index in [-0.39, 0.29) is 16.5 Å². The maximum atomic E-state index is 13.5. The zero-order valence-electron chi connectivity index (χ0n) is 13.1. The van der Waals surface area contributed by atoms with Crippen molar-refractivity contribution in [3.63, 3.8) is 0 Å². The Morgan fingerprint density at radius 3 is 2.52 bits per heavy atom. The number of rotatable bonds is 6. The van der Waals surface area contributed by atoms with Crippen LogP contribution in [0.25, 0.3) is 0 Å². The van der Waals surface area contributed by atoms with Gasteiger partial charge in [0.25, 0.3) is 5.91 Å². The molecule has 8 heteroatoms. The molecule has 0 bridgehead atoms. The first-order valence-corrected chi connectivity index (χ1v) is 7.56. The molecule has 25 heavy (non-hydrogen) atoms. The van der Waals surface area contributed by atoms with Crippen LogP contribution in [0.2, 0.25) is 5.02 Å². The lowest BCUT2D eigenvalue weighted by atomic mass is 10.3. The Morgan fingerprint density at radius 1 is 1.16 bits per heavy atom. The summed E-state index contributed by atoms with van der Waals surface area (Å²) in [5, 5.41) is 2.49. The van der Waals surface area contributed by atoms with Crippen molar-refractivity contribution in [2.24, 2.45) is 0 Å². The van der Waals surface area contributed by atoms with Crippen molar-refractivity contribution in [1.29, 1.82) is 0 Å². The third kappa shape index (κ3) is 5.72. The summed E-state index contributed by atoms with van der Waals surface area (Å²) in [5.41, 5.74) is -0.121. The topological polar surface area (TPSA) is 64.6 Å². The summed E-state index contributed by atoms with van der Waals surface area (Å²) in [7, 11) is 0. The number of anilines is 1. The molecule has 0 unspecified atom stereocenters. The van der Waals surface area contributed by atoms with E-state index in [0.717, 1.165) is 6.07 Å². The Bertz CT molecular complexity index is 768. The van der Waals surface area contributed by atoms with E-state index in [2.05, 4.69) is 5.32 Å². The van der Waals surface area contributed by atoms with Crippen LogP contribution in [0.15, 0.2) is 42.5 Å². The van der Waals surface area contributed by atoms with Crippen LogP contribution in [0, 0.1) is 11.6 Å². The predicted octanol–water partition coefficient (Wildman–Crippen LogP) is 3.57. The van der Waals surface area contributed by atoms with Gasteiger partial charge >= 0.3 is 5.97 Å². The van der Waals surface area contributed by atoms with Crippen LogP contribution in [-0.4, -0.2) is 24.6 Å². The third-order valence-corrected chi connectivity index (χ3v) is 3.24. The highest BCUT2D eigenvalue weighted by molar-refractivity contribution is 6.30. The zero-order chi connectivity index (χ0) is 18.4. The maximum Gasteiger partial charge on any atom is 0.347 e. The average Bonchev–Trinajstić information content (AvgIpc) is 2.58. The molecule has 1 N–H and O–H groups in total. The van der Waals surface area contributed by atoms with Gasteiger partial charge < -0.3 is 14.8 Å². The Balaban J connectivity index is 1.83. The van der Waals surface area contributed by atoms with E-state index in [1.54, 1.807) is 0 Å². The number of halogens is 3. The smallest absolute Gasteiger partial charge is 0.347 e. The van der Waals surface area contributed by atoms with Gasteiger partial charge in [-0.1, -0.05) is 11.6 Å². The molecule has 0 aliphatic heterocycles. The molecule has 5 nitrogen and oxygen atoms in total. The van der Waals surface area contributed by atoms with Gasteiger partial charge in [-0.25, -0.2) is 13.6 Å². The van der Waals surface area contributed by atoms with Crippen molar-refractivity contribution in [2.75, 3.05) is 11.9 Å². The van der Waals surface area contributed by atoms with Crippen molar-refractivity contribution in [1.82, 2.24) is 0 Å². The minimum atomic E-state index is -1.01. The molecule has 0 heterocycles. The Morgan fingerprint density at radius 2 is 1.84 bits per heavy atom. The summed E-state index contributed by atoms with van der Waals surface area (Å²) in [6.45, 7) is 0.794. The summed E-state index contributed by atoms with van der Waals surface area (Å²) in [5.74, 6) is -2.37. The molecule has 2 rings (SSSR count). The Labute approximate surface area is 147 Å². The van der Waals surface area contributed by atoms with E-state index < -0.39 is 36.2 Å². The van der Waals surface area contributed by atoms with E-state index in [1.807, 2.05) is 0 Å². The first-order chi connectivity index (χ1) is 11.8. The maximum absolute atomic E-state index is 13.5. The minimum Gasteiger partial charge on any atom is -0.479 e. The van der Waals surface area contributed by atoms with Gasteiger partial charge in [0.1, 0.15) is 17.4 Å². The van der Waals surface area contributed by atoms with Gasteiger partial charge in [-0.3, -0.25) is 4.79 Å². The molecule has 0 fully saturated rings. The third-order valence-electron chi connectivity index (χ3n) is 3.01. The van der Waals surface area contributed by atoms with Gasteiger partial charge in [-0.15, -0.1) is 0 Å². The number of carbonyl (C=O) groups is 2. The van der Waals surface area contributed by atoms with Gasteiger partial charge in [0.2, 0.25) is 0 Å². The van der Waals surface area contributed by atoms with Gasteiger partial charge in [-0.05, 0) is 49.4 Å². The van der Waals surface area contributed by atoms with Gasteiger partial charge in [0.05, 0.1) is 5.69 Å². The van der Waals surface area contributed by atoms with Crippen molar-refractivity contribution in [3.05, 3.63) is 59.1 Å². The molecule has 1 amide bonds. The highest BCUT2D eigenvalue weighted by Crippen LogP contribution is 2.19. The molecular formula is C17H14ClF2NO4. The Hall–Kier alpha value is -2.67. The van der Waals surface area contributed by atoms with Crippen LogP contribution in [0.1, 0.15) is 6.92 Å². The van der Waals surface area contributed by atoms with Crippen LogP contribution in [0.5, 0.6) is 5.75 Å². The molecule has 0 aliphatic carbocycles. The molecule has 2 aromatic carbocycles. The van der Waals surface area contributed by atoms with Gasteiger partial charge in [0, 0.05) is 5.02 Å². The monoisotopic (exact) mass is 369 g/mol. The fraction of sp³-hybridized carbons (Fsp3) is 0.176. The zero-order valence-corrected chi connectivity index (χ0v) is 13.8. The van der Waals surface area contributed by atoms with E-state index in [9.17, 15) is 18.4 Å². The van der Waals surface area contributed by atoms with Crippen LogP contribution >= 0.6 is 11.6 Å².